The molecule has 0 aliphatic heterocycles. The minimum atomic E-state index is -1.04. The Morgan fingerprint density at radius 3 is 2.71 bits per heavy atom. The lowest BCUT2D eigenvalue weighted by molar-refractivity contribution is -0.113. The van der Waals surface area contributed by atoms with Crippen molar-refractivity contribution >= 4 is 40.9 Å². The van der Waals surface area contributed by atoms with E-state index in [0.717, 1.165) is 11.7 Å². The van der Waals surface area contributed by atoms with Crippen molar-refractivity contribution in [1.29, 1.82) is 0 Å². The van der Waals surface area contributed by atoms with Crippen LogP contribution >= 0.6 is 23.4 Å². The summed E-state index contributed by atoms with van der Waals surface area (Å²) >= 11 is 7.59. The van der Waals surface area contributed by atoms with Crippen LogP contribution in [0, 0.1) is 5.92 Å². The second kappa shape index (κ2) is 7.71. The van der Waals surface area contributed by atoms with Crippen LogP contribution in [0.4, 0.5) is 5.69 Å². The molecule has 1 saturated carbocycles. The van der Waals surface area contributed by atoms with Crippen LogP contribution in [0.2, 0.25) is 5.02 Å². The fourth-order valence-electron chi connectivity index (χ4n) is 2.44. The molecule has 21 heavy (non-hydrogen) atoms. The molecule has 2 N–H and O–H groups in total. The Hall–Kier alpha value is -1.20. The first-order chi connectivity index (χ1) is 10.1. The molecule has 1 aromatic carbocycles. The fourth-order valence-corrected chi connectivity index (χ4v) is 3.64. The van der Waals surface area contributed by atoms with Gasteiger partial charge in [0.05, 0.1) is 22.0 Å². The number of thioether (sulfide) groups is 1. The largest absolute Gasteiger partial charge is 0.478 e. The molecule has 0 aromatic heterocycles. The van der Waals surface area contributed by atoms with E-state index in [0.29, 0.717) is 16.5 Å². The summed E-state index contributed by atoms with van der Waals surface area (Å²) in [6.45, 7) is 0. The summed E-state index contributed by atoms with van der Waals surface area (Å²) in [6.07, 6.45) is 5.13. The summed E-state index contributed by atoms with van der Waals surface area (Å²) in [5.74, 6) is 0.919. The van der Waals surface area contributed by atoms with E-state index in [4.69, 9.17) is 16.7 Å². The molecule has 1 amide bonds. The normalized spacial score (nSPS) is 15.1. The number of carbonyl (C=O) groups excluding carboxylic acids is 1. The van der Waals surface area contributed by atoms with Crippen LogP contribution in [-0.2, 0) is 4.79 Å². The van der Waals surface area contributed by atoms with Crippen molar-refractivity contribution in [1.82, 2.24) is 0 Å². The number of anilines is 1. The Morgan fingerprint density at radius 1 is 1.33 bits per heavy atom. The molecule has 6 heteroatoms. The van der Waals surface area contributed by atoms with Crippen molar-refractivity contribution in [2.24, 2.45) is 5.92 Å². The number of nitrogens with one attached hydrogen (secondary N) is 1. The van der Waals surface area contributed by atoms with Gasteiger partial charge in [0.1, 0.15) is 0 Å². The molecule has 1 aromatic rings. The lowest BCUT2D eigenvalue weighted by atomic mass is 10.1. The Morgan fingerprint density at radius 2 is 2.05 bits per heavy atom. The number of benzene rings is 1. The summed E-state index contributed by atoms with van der Waals surface area (Å²) in [5.41, 5.74) is 0.455. The van der Waals surface area contributed by atoms with Gasteiger partial charge < -0.3 is 10.4 Å². The van der Waals surface area contributed by atoms with Crippen LogP contribution in [0.1, 0.15) is 36.0 Å². The highest BCUT2D eigenvalue weighted by Gasteiger charge is 2.16. The first-order valence-electron chi connectivity index (χ1n) is 6.96. The maximum atomic E-state index is 11.9. The summed E-state index contributed by atoms with van der Waals surface area (Å²) in [6, 6.07) is 4.27. The molecule has 1 aliphatic carbocycles. The van der Waals surface area contributed by atoms with Crippen LogP contribution in [-0.4, -0.2) is 28.5 Å². The van der Waals surface area contributed by atoms with Gasteiger partial charge in [-0.2, -0.15) is 11.8 Å². The van der Waals surface area contributed by atoms with E-state index in [2.05, 4.69) is 5.32 Å². The van der Waals surface area contributed by atoms with Gasteiger partial charge in [0.25, 0.3) is 0 Å². The van der Waals surface area contributed by atoms with E-state index >= 15 is 0 Å². The van der Waals surface area contributed by atoms with Crippen molar-refractivity contribution in [2.75, 3.05) is 16.8 Å². The van der Waals surface area contributed by atoms with Crippen molar-refractivity contribution < 1.29 is 14.7 Å². The number of aromatic carboxylic acids is 1. The standard InChI is InChI=1S/C15H18ClNO3S/c16-12-6-5-11(15(19)20)7-13(12)17-14(18)9-21-8-10-3-1-2-4-10/h5-7,10H,1-4,8-9H2,(H,17,18)(H,19,20). The summed E-state index contributed by atoms with van der Waals surface area (Å²) < 4.78 is 0. The molecular formula is C15H18ClNO3S. The smallest absolute Gasteiger partial charge is 0.335 e. The predicted molar refractivity (Wildman–Crippen MR) is 86.3 cm³/mol. The molecule has 0 unspecified atom stereocenters. The highest BCUT2D eigenvalue weighted by atomic mass is 35.5. The van der Waals surface area contributed by atoms with Crippen LogP contribution in [0.5, 0.6) is 0 Å². The van der Waals surface area contributed by atoms with E-state index in [1.54, 1.807) is 11.8 Å². The molecular weight excluding hydrogens is 310 g/mol. The van der Waals surface area contributed by atoms with Crippen molar-refractivity contribution in [3.63, 3.8) is 0 Å². The van der Waals surface area contributed by atoms with Crippen molar-refractivity contribution in [3.05, 3.63) is 28.8 Å². The quantitative estimate of drug-likeness (QED) is 0.831. The third-order valence-electron chi connectivity index (χ3n) is 3.55. The Bertz CT molecular complexity index is 530. The highest BCUT2D eigenvalue weighted by Crippen LogP contribution is 2.28. The fraction of sp³-hybridized carbons (Fsp3) is 0.467. The molecule has 2 rings (SSSR count). The first-order valence-corrected chi connectivity index (χ1v) is 8.50. The van der Waals surface area contributed by atoms with Gasteiger partial charge in [-0.25, -0.2) is 4.79 Å². The van der Waals surface area contributed by atoms with E-state index in [-0.39, 0.29) is 11.5 Å². The first kappa shape index (κ1) is 16.2. The zero-order valence-electron chi connectivity index (χ0n) is 11.6. The zero-order valence-corrected chi connectivity index (χ0v) is 13.2. The molecule has 1 fully saturated rings. The third-order valence-corrected chi connectivity index (χ3v) is 5.05. The lowest BCUT2D eigenvalue weighted by Crippen LogP contribution is -2.16. The van der Waals surface area contributed by atoms with Gasteiger partial charge >= 0.3 is 5.97 Å². The second-order valence-corrected chi connectivity index (χ2v) is 6.65. The topological polar surface area (TPSA) is 66.4 Å². The number of hydrogen-bond donors (Lipinski definition) is 2. The van der Waals surface area contributed by atoms with Gasteiger partial charge in [0, 0.05) is 0 Å². The molecule has 0 spiro atoms. The summed E-state index contributed by atoms with van der Waals surface area (Å²) in [7, 11) is 0. The molecule has 0 atom stereocenters. The molecule has 114 valence electrons. The van der Waals surface area contributed by atoms with Gasteiger partial charge in [-0.3, -0.25) is 4.79 Å². The average Bonchev–Trinajstić information content (AvgIpc) is 2.94. The van der Waals surface area contributed by atoms with E-state index in [1.807, 2.05) is 0 Å². The van der Waals surface area contributed by atoms with E-state index < -0.39 is 5.97 Å². The minimum Gasteiger partial charge on any atom is -0.478 e. The predicted octanol–water partition coefficient (Wildman–Crippen LogP) is 3.90. The Labute approximate surface area is 133 Å². The number of hydrogen-bond acceptors (Lipinski definition) is 3. The van der Waals surface area contributed by atoms with E-state index in [9.17, 15) is 9.59 Å². The van der Waals surface area contributed by atoms with Crippen LogP contribution < -0.4 is 5.32 Å². The second-order valence-electron chi connectivity index (χ2n) is 5.21. The minimum absolute atomic E-state index is 0.105. The van der Waals surface area contributed by atoms with Crippen molar-refractivity contribution in [3.8, 4) is 0 Å². The van der Waals surface area contributed by atoms with Crippen molar-refractivity contribution in [2.45, 2.75) is 25.7 Å². The molecule has 4 nitrogen and oxygen atoms in total. The van der Waals surface area contributed by atoms with Crippen LogP contribution in [0.15, 0.2) is 18.2 Å². The SMILES string of the molecule is O=C(CSCC1CCCC1)Nc1cc(C(=O)O)ccc1Cl. The molecule has 0 radical (unpaired) electrons. The maximum absolute atomic E-state index is 11.9. The molecule has 1 aliphatic rings. The zero-order chi connectivity index (χ0) is 15.2. The maximum Gasteiger partial charge on any atom is 0.335 e. The number of carbonyl (C=O) groups is 2. The van der Waals surface area contributed by atoms with Gasteiger partial charge in [-0.15, -0.1) is 0 Å². The van der Waals surface area contributed by atoms with Gasteiger partial charge in [0.15, 0.2) is 0 Å². The van der Waals surface area contributed by atoms with Gasteiger partial charge in [-0.1, -0.05) is 24.4 Å². The summed E-state index contributed by atoms with van der Waals surface area (Å²) in [5, 5.41) is 12.0. The molecule has 0 saturated heterocycles. The number of rotatable bonds is 6. The van der Waals surface area contributed by atoms with Gasteiger partial charge in [0.2, 0.25) is 5.91 Å². The highest BCUT2D eigenvalue weighted by molar-refractivity contribution is 7.99. The van der Waals surface area contributed by atoms with Gasteiger partial charge in [-0.05, 0) is 42.7 Å². The van der Waals surface area contributed by atoms with Crippen LogP contribution in [0.3, 0.4) is 0 Å². The van der Waals surface area contributed by atoms with Crippen LogP contribution in [0.25, 0.3) is 0 Å². The average molecular weight is 328 g/mol. The molecule has 0 heterocycles. The number of carboxylic acids is 1. The number of amides is 1. The Balaban J connectivity index is 1.84. The monoisotopic (exact) mass is 327 g/mol. The van der Waals surface area contributed by atoms with E-state index in [1.165, 1.54) is 43.9 Å². The lowest BCUT2D eigenvalue weighted by Gasteiger charge is -2.10. The number of halogens is 1. The number of carboxylic acid groups (broad SMARTS) is 1. The Kier molecular flexibility index (Phi) is 5.94. The molecule has 0 bridgehead atoms. The summed E-state index contributed by atoms with van der Waals surface area (Å²) in [4.78, 5) is 22.8. The third kappa shape index (κ3) is 4.93.